The number of rotatable bonds is 1. The molecule has 1 heterocycles. The Morgan fingerprint density at radius 2 is 2.18 bits per heavy atom. The van der Waals surface area contributed by atoms with Gasteiger partial charge in [0.15, 0.2) is 0 Å². The normalized spacial score (nSPS) is 28.4. The van der Waals surface area contributed by atoms with Gasteiger partial charge in [-0.1, -0.05) is 6.07 Å². The van der Waals surface area contributed by atoms with Crippen LogP contribution in [0.4, 0.5) is 0 Å². The SMILES string of the molecule is COc1ccc2c(c1)[C@@H]1CCN(C)C[C@@H]1CC2. The molecule has 2 nitrogen and oxygen atoms in total. The molecule has 1 aliphatic heterocycles. The second-order valence-electron chi connectivity index (χ2n) is 5.52. The minimum Gasteiger partial charge on any atom is -0.497 e. The van der Waals surface area contributed by atoms with Crippen molar-refractivity contribution in [3.63, 3.8) is 0 Å². The number of methoxy groups -OCH3 is 1. The van der Waals surface area contributed by atoms with Gasteiger partial charge in [0.1, 0.15) is 5.75 Å². The van der Waals surface area contributed by atoms with Crippen LogP contribution >= 0.6 is 0 Å². The largest absolute Gasteiger partial charge is 0.497 e. The van der Waals surface area contributed by atoms with E-state index < -0.39 is 0 Å². The quantitative estimate of drug-likeness (QED) is 0.737. The van der Waals surface area contributed by atoms with E-state index in [4.69, 9.17) is 4.74 Å². The molecule has 1 saturated heterocycles. The van der Waals surface area contributed by atoms with Crippen molar-refractivity contribution in [3.8, 4) is 5.75 Å². The summed E-state index contributed by atoms with van der Waals surface area (Å²) in [5.41, 5.74) is 3.12. The highest BCUT2D eigenvalue weighted by Crippen LogP contribution is 2.42. The van der Waals surface area contributed by atoms with E-state index in [0.29, 0.717) is 0 Å². The molecule has 0 spiro atoms. The molecule has 0 saturated carbocycles. The van der Waals surface area contributed by atoms with E-state index in [1.807, 2.05) is 0 Å². The molecule has 1 aromatic rings. The van der Waals surface area contributed by atoms with Crippen molar-refractivity contribution in [1.82, 2.24) is 4.90 Å². The van der Waals surface area contributed by atoms with Gasteiger partial charge in [-0.2, -0.15) is 0 Å². The van der Waals surface area contributed by atoms with Crippen LogP contribution in [0.5, 0.6) is 5.75 Å². The van der Waals surface area contributed by atoms with Crippen LogP contribution in [0.3, 0.4) is 0 Å². The molecule has 1 fully saturated rings. The summed E-state index contributed by atoms with van der Waals surface area (Å²) in [5.74, 6) is 2.64. The van der Waals surface area contributed by atoms with E-state index in [2.05, 4.69) is 30.1 Å². The van der Waals surface area contributed by atoms with Crippen molar-refractivity contribution < 1.29 is 4.74 Å². The van der Waals surface area contributed by atoms with Crippen molar-refractivity contribution in [2.75, 3.05) is 27.2 Å². The van der Waals surface area contributed by atoms with Crippen LogP contribution in [0.25, 0.3) is 0 Å². The lowest BCUT2D eigenvalue weighted by Crippen LogP contribution is -2.39. The number of ether oxygens (including phenoxy) is 1. The van der Waals surface area contributed by atoms with E-state index in [1.165, 1.54) is 32.4 Å². The fourth-order valence-electron chi connectivity index (χ4n) is 3.53. The first-order valence-corrected chi connectivity index (χ1v) is 6.63. The molecule has 2 aliphatic rings. The standard InChI is InChI=1S/C15H21NO/c1-16-8-7-14-12(10-16)4-3-11-5-6-13(17-2)9-15(11)14/h5-6,9,12,14H,3-4,7-8,10H2,1-2H3/t12-,14+/m0/s1. The van der Waals surface area contributed by atoms with Crippen molar-refractivity contribution >= 4 is 0 Å². The molecule has 2 atom stereocenters. The number of hydrogen-bond donors (Lipinski definition) is 0. The van der Waals surface area contributed by atoms with E-state index in [1.54, 1.807) is 18.2 Å². The monoisotopic (exact) mass is 231 g/mol. The molecular formula is C15H21NO. The lowest BCUT2D eigenvalue weighted by Gasteiger charge is -2.41. The van der Waals surface area contributed by atoms with Crippen molar-refractivity contribution in [2.45, 2.75) is 25.2 Å². The fourth-order valence-corrected chi connectivity index (χ4v) is 3.53. The van der Waals surface area contributed by atoms with Gasteiger partial charge in [-0.3, -0.25) is 0 Å². The van der Waals surface area contributed by atoms with Crippen LogP contribution in [-0.2, 0) is 6.42 Å². The maximum Gasteiger partial charge on any atom is 0.119 e. The first-order chi connectivity index (χ1) is 8.28. The van der Waals surface area contributed by atoms with Gasteiger partial charge in [-0.05, 0) is 68.0 Å². The minimum atomic E-state index is 0.769. The average Bonchev–Trinajstić information content (AvgIpc) is 2.37. The van der Waals surface area contributed by atoms with Gasteiger partial charge in [0.2, 0.25) is 0 Å². The summed E-state index contributed by atoms with van der Waals surface area (Å²) < 4.78 is 5.37. The van der Waals surface area contributed by atoms with Gasteiger partial charge in [0, 0.05) is 6.54 Å². The highest BCUT2D eigenvalue weighted by molar-refractivity contribution is 5.40. The summed E-state index contributed by atoms with van der Waals surface area (Å²) in [4.78, 5) is 2.48. The molecule has 3 rings (SSSR count). The van der Waals surface area contributed by atoms with E-state index >= 15 is 0 Å². The van der Waals surface area contributed by atoms with Gasteiger partial charge >= 0.3 is 0 Å². The maximum absolute atomic E-state index is 5.37. The van der Waals surface area contributed by atoms with Crippen LogP contribution in [0.2, 0.25) is 0 Å². The molecule has 0 amide bonds. The third-order valence-corrected chi connectivity index (χ3v) is 4.47. The van der Waals surface area contributed by atoms with Crippen LogP contribution in [0, 0.1) is 5.92 Å². The van der Waals surface area contributed by atoms with Crippen LogP contribution in [0.1, 0.15) is 29.9 Å². The molecule has 0 unspecified atom stereocenters. The molecule has 0 bridgehead atoms. The molecular weight excluding hydrogens is 210 g/mol. The predicted molar refractivity (Wildman–Crippen MR) is 69.7 cm³/mol. The van der Waals surface area contributed by atoms with Gasteiger partial charge in [0.25, 0.3) is 0 Å². The number of benzene rings is 1. The molecule has 0 radical (unpaired) electrons. The topological polar surface area (TPSA) is 12.5 Å². The first kappa shape index (κ1) is 11.1. The zero-order valence-electron chi connectivity index (χ0n) is 10.8. The van der Waals surface area contributed by atoms with E-state index in [-0.39, 0.29) is 0 Å². The summed E-state index contributed by atoms with van der Waals surface area (Å²) in [6.45, 7) is 2.50. The van der Waals surface area contributed by atoms with E-state index in [0.717, 1.165) is 17.6 Å². The summed E-state index contributed by atoms with van der Waals surface area (Å²) in [6.07, 6.45) is 3.91. The Balaban J connectivity index is 1.94. The third-order valence-electron chi connectivity index (χ3n) is 4.47. The van der Waals surface area contributed by atoms with Gasteiger partial charge in [-0.25, -0.2) is 0 Å². The molecule has 92 valence electrons. The van der Waals surface area contributed by atoms with Gasteiger partial charge < -0.3 is 9.64 Å². The third kappa shape index (κ3) is 1.95. The number of nitrogens with zero attached hydrogens (tertiary/aromatic N) is 1. The van der Waals surface area contributed by atoms with Crippen molar-refractivity contribution in [2.24, 2.45) is 5.92 Å². The van der Waals surface area contributed by atoms with Crippen molar-refractivity contribution in [3.05, 3.63) is 29.3 Å². The zero-order chi connectivity index (χ0) is 11.8. The highest BCUT2D eigenvalue weighted by atomic mass is 16.5. The number of piperidine rings is 1. The predicted octanol–water partition coefficient (Wildman–Crippen LogP) is 2.68. The minimum absolute atomic E-state index is 0.769. The molecule has 0 N–H and O–H groups in total. The summed E-state index contributed by atoms with van der Waals surface area (Å²) in [5, 5.41) is 0. The summed E-state index contributed by atoms with van der Waals surface area (Å²) in [6, 6.07) is 6.65. The van der Waals surface area contributed by atoms with Gasteiger partial charge in [-0.15, -0.1) is 0 Å². The smallest absolute Gasteiger partial charge is 0.119 e. The number of hydrogen-bond acceptors (Lipinski definition) is 2. The van der Waals surface area contributed by atoms with Crippen molar-refractivity contribution in [1.29, 1.82) is 0 Å². The Morgan fingerprint density at radius 3 is 3.00 bits per heavy atom. The number of aryl methyl sites for hydroxylation is 1. The lowest BCUT2D eigenvalue weighted by atomic mass is 9.71. The Kier molecular flexibility index (Phi) is 2.83. The Labute approximate surface area is 104 Å². The van der Waals surface area contributed by atoms with E-state index in [9.17, 15) is 0 Å². The molecule has 2 heteroatoms. The second-order valence-corrected chi connectivity index (χ2v) is 5.52. The van der Waals surface area contributed by atoms with Crippen LogP contribution in [0.15, 0.2) is 18.2 Å². The van der Waals surface area contributed by atoms with Crippen LogP contribution in [-0.4, -0.2) is 32.1 Å². The Bertz CT molecular complexity index is 415. The summed E-state index contributed by atoms with van der Waals surface area (Å²) in [7, 11) is 4.01. The molecule has 0 aromatic heterocycles. The summed E-state index contributed by atoms with van der Waals surface area (Å²) >= 11 is 0. The fraction of sp³-hybridized carbons (Fsp3) is 0.600. The Hall–Kier alpha value is -1.02. The number of likely N-dealkylation sites (tertiary alicyclic amines) is 1. The molecule has 17 heavy (non-hydrogen) atoms. The highest BCUT2D eigenvalue weighted by Gasteiger charge is 2.33. The number of fused-ring (bicyclic) bond motifs is 3. The lowest BCUT2D eigenvalue weighted by molar-refractivity contribution is 0.168. The average molecular weight is 231 g/mol. The second kappa shape index (κ2) is 4.34. The zero-order valence-corrected chi connectivity index (χ0v) is 10.8. The maximum atomic E-state index is 5.37. The van der Waals surface area contributed by atoms with Gasteiger partial charge in [0.05, 0.1) is 7.11 Å². The molecule has 1 aliphatic carbocycles. The molecule has 1 aromatic carbocycles. The first-order valence-electron chi connectivity index (χ1n) is 6.63. The Morgan fingerprint density at radius 1 is 1.29 bits per heavy atom. The van der Waals surface area contributed by atoms with Crippen LogP contribution < -0.4 is 4.74 Å².